The number of sulfonamides is 1. The van der Waals surface area contributed by atoms with Gasteiger partial charge in [0.1, 0.15) is 16.3 Å². The summed E-state index contributed by atoms with van der Waals surface area (Å²) in [7, 11) is -2.07. The van der Waals surface area contributed by atoms with Crippen molar-refractivity contribution >= 4 is 15.9 Å². The summed E-state index contributed by atoms with van der Waals surface area (Å²) in [5.74, 6) is 0.742. The second-order valence-electron chi connectivity index (χ2n) is 9.27. The number of piperidine rings is 2. The molecule has 2 saturated heterocycles. The van der Waals surface area contributed by atoms with Gasteiger partial charge in [0.15, 0.2) is 5.76 Å². The predicted molar refractivity (Wildman–Crippen MR) is 127 cm³/mol. The van der Waals surface area contributed by atoms with Gasteiger partial charge in [0.25, 0.3) is 0 Å². The fourth-order valence-corrected chi connectivity index (χ4v) is 6.75. The highest BCUT2D eigenvalue weighted by Gasteiger charge is 2.37. The van der Waals surface area contributed by atoms with E-state index >= 15 is 0 Å². The second kappa shape index (κ2) is 10.5. The Morgan fingerprint density at radius 3 is 2.65 bits per heavy atom. The van der Waals surface area contributed by atoms with Crippen molar-refractivity contribution in [3.05, 3.63) is 41.3 Å². The molecule has 3 heterocycles. The van der Waals surface area contributed by atoms with Gasteiger partial charge >= 0.3 is 0 Å². The molecule has 34 heavy (non-hydrogen) atoms. The lowest BCUT2D eigenvalue weighted by Crippen LogP contribution is -2.50. The number of hydrogen-bond acceptors (Lipinski definition) is 7. The van der Waals surface area contributed by atoms with Gasteiger partial charge < -0.3 is 14.6 Å². The Kier molecular flexibility index (Phi) is 7.59. The standard InChI is InChI=1S/C24H34N4O5S/c1-17-23(18(2)33-26-17)34(30,31)28-11-5-7-20(16-28)24(29)25-21-9-12-27(13-10-21)15-19-6-4-8-22(14-19)32-3/h4,6,8,14,20-21H,5,7,9-13,15-16H2,1-3H3,(H,25,29). The van der Waals surface area contributed by atoms with Gasteiger partial charge in [0.2, 0.25) is 15.9 Å². The van der Waals surface area contributed by atoms with Crippen LogP contribution >= 0.6 is 0 Å². The average Bonchev–Trinajstić information content (AvgIpc) is 3.19. The Hall–Kier alpha value is -2.43. The molecule has 0 spiro atoms. The first-order chi connectivity index (χ1) is 16.3. The molecule has 0 radical (unpaired) electrons. The van der Waals surface area contributed by atoms with Crippen LogP contribution in [0.1, 0.15) is 42.7 Å². The highest BCUT2D eigenvalue weighted by Crippen LogP contribution is 2.28. The molecule has 10 heteroatoms. The van der Waals surface area contributed by atoms with Gasteiger partial charge in [-0.05, 0) is 57.2 Å². The van der Waals surface area contributed by atoms with Crippen molar-refractivity contribution in [3.8, 4) is 5.75 Å². The molecule has 1 aromatic heterocycles. The van der Waals surface area contributed by atoms with Crippen molar-refractivity contribution < 1.29 is 22.5 Å². The molecule has 0 bridgehead atoms. The van der Waals surface area contributed by atoms with E-state index in [1.54, 1.807) is 21.0 Å². The van der Waals surface area contributed by atoms with Crippen LogP contribution in [0.5, 0.6) is 5.75 Å². The molecule has 0 aliphatic carbocycles. The predicted octanol–water partition coefficient (Wildman–Crippen LogP) is 2.48. The van der Waals surface area contributed by atoms with Gasteiger partial charge in [0, 0.05) is 38.8 Å². The zero-order chi connectivity index (χ0) is 24.3. The minimum atomic E-state index is -3.74. The second-order valence-corrected chi connectivity index (χ2v) is 11.1. The summed E-state index contributed by atoms with van der Waals surface area (Å²) < 4.78 is 38.1. The van der Waals surface area contributed by atoms with Gasteiger partial charge in [-0.2, -0.15) is 4.31 Å². The van der Waals surface area contributed by atoms with Gasteiger partial charge in [-0.1, -0.05) is 17.3 Å². The van der Waals surface area contributed by atoms with E-state index < -0.39 is 10.0 Å². The number of amides is 1. The lowest BCUT2D eigenvalue weighted by atomic mass is 9.97. The first-order valence-electron chi connectivity index (χ1n) is 11.9. The van der Waals surface area contributed by atoms with Crippen molar-refractivity contribution in [1.29, 1.82) is 0 Å². The summed E-state index contributed by atoms with van der Waals surface area (Å²) in [6.07, 6.45) is 3.10. The lowest BCUT2D eigenvalue weighted by molar-refractivity contribution is -0.127. The van der Waals surface area contributed by atoms with E-state index in [-0.39, 0.29) is 35.1 Å². The first kappa shape index (κ1) is 24.7. The maximum absolute atomic E-state index is 13.2. The normalized spacial score (nSPS) is 20.9. The maximum atomic E-state index is 13.2. The van der Waals surface area contributed by atoms with Crippen LogP contribution in [-0.4, -0.2) is 68.0 Å². The molecule has 9 nitrogen and oxygen atoms in total. The number of rotatable bonds is 7. The number of hydrogen-bond donors (Lipinski definition) is 1. The number of benzene rings is 1. The Bertz CT molecular complexity index is 1090. The fourth-order valence-electron chi connectivity index (χ4n) is 4.93. The zero-order valence-corrected chi connectivity index (χ0v) is 20.9. The van der Waals surface area contributed by atoms with Gasteiger partial charge in [-0.3, -0.25) is 9.69 Å². The first-order valence-corrected chi connectivity index (χ1v) is 13.3. The molecule has 1 atom stereocenters. The summed E-state index contributed by atoms with van der Waals surface area (Å²) in [5.41, 5.74) is 1.56. The molecular weight excluding hydrogens is 456 g/mol. The molecule has 4 rings (SSSR count). The molecule has 2 aliphatic heterocycles. The SMILES string of the molecule is COc1cccc(CN2CCC(NC(=O)C3CCCN(S(=O)(=O)c4c(C)noc4C)C3)CC2)c1. The highest BCUT2D eigenvalue weighted by molar-refractivity contribution is 7.89. The molecule has 2 aromatic rings. The van der Waals surface area contributed by atoms with Crippen LogP contribution in [0.25, 0.3) is 0 Å². The number of ether oxygens (including phenoxy) is 1. The van der Waals surface area contributed by atoms with E-state index in [2.05, 4.69) is 27.5 Å². The van der Waals surface area contributed by atoms with Crippen LogP contribution in [0.4, 0.5) is 0 Å². The Morgan fingerprint density at radius 2 is 1.97 bits per heavy atom. The lowest BCUT2D eigenvalue weighted by Gasteiger charge is -2.35. The number of carbonyl (C=O) groups is 1. The van der Waals surface area contributed by atoms with Crippen molar-refractivity contribution in [2.24, 2.45) is 5.92 Å². The Labute approximate surface area is 201 Å². The third kappa shape index (κ3) is 5.45. The zero-order valence-electron chi connectivity index (χ0n) is 20.1. The minimum Gasteiger partial charge on any atom is -0.497 e. The topological polar surface area (TPSA) is 105 Å². The number of aryl methyl sites for hydroxylation is 2. The summed E-state index contributed by atoms with van der Waals surface area (Å²) in [6, 6.07) is 8.21. The number of aromatic nitrogens is 1. The quantitative estimate of drug-likeness (QED) is 0.636. The third-order valence-electron chi connectivity index (χ3n) is 6.79. The minimum absolute atomic E-state index is 0.0510. The maximum Gasteiger partial charge on any atom is 0.248 e. The third-order valence-corrected chi connectivity index (χ3v) is 8.91. The van der Waals surface area contributed by atoms with Crippen LogP contribution in [0.2, 0.25) is 0 Å². The number of methoxy groups -OCH3 is 1. The van der Waals surface area contributed by atoms with Crippen molar-refractivity contribution in [2.45, 2.75) is 57.0 Å². The number of nitrogens with zero attached hydrogens (tertiary/aromatic N) is 3. The number of nitrogens with one attached hydrogen (secondary N) is 1. The molecular formula is C24H34N4O5S. The Balaban J connectivity index is 1.29. The van der Waals surface area contributed by atoms with Crippen molar-refractivity contribution in [3.63, 3.8) is 0 Å². The van der Waals surface area contributed by atoms with E-state index in [1.807, 2.05) is 12.1 Å². The fraction of sp³-hybridized carbons (Fsp3) is 0.583. The number of carbonyl (C=O) groups excluding carboxylic acids is 1. The summed E-state index contributed by atoms with van der Waals surface area (Å²) >= 11 is 0. The van der Waals surface area contributed by atoms with E-state index in [0.717, 1.165) is 38.2 Å². The monoisotopic (exact) mass is 490 g/mol. The van der Waals surface area contributed by atoms with E-state index in [9.17, 15) is 13.2 Å². The van der Waals surface area contributed by atoms with Crippen LogP contribution in [-0.2, 0) is 21.4 Å². The Morgan fingerprint density at radius 1 is 1.21 bits per heavy atom. The van der Waals surface area contributed by atoms with Crippen LogP contribution in [0, 0.1) is 19.8 Å². The highest BCUT2D eigenvalue weighted by atomic mass is 32.2. The summed E-state index contributed by atoms with van der Waals surface area (Å²) in [5, 5.41) is 6.96. The van der Waals surface area contributed by atoms with E-state index in [0.29, 0.717) is 25.1 Å². The summed E-state index contributed by atoms with van der Waals surface area (Å²) in [6.45, 7) is 6.47. The van der Waals surface area contributed by atoms with Gasteiger partial charge in [0.05, 0.1) is 13.0 Å². The van der Waals surface area contributed by atoms with Crippen LogP contribution in [0.15, 0.2) is 33.7 Å². The molecule has 1 unspecified atom stereocenters. The van der Waals surface area contributed by atoms with Crippen LogP contribution in [0.3, 0.4) is 0 Å². The van der Waals surface area contributed by atoms with Gasteiger partial charge in [-0.25, -0.2) is 8.42 Å². The largest absolute Gasteiger partial charge is 0.497 e. The molecule has 1 N–H and O–H groups in total. The van der Waals surface area contributed by atoms with Crippen LogP contribution < -0.4 is 10.1 Å². The average molecular weight is 491 g/mol. The summed E-state index contributed by atoms with van der Waals surface area (Å²) in [4.78, 5) is 15.5. The van der Waals surface area contributed by atoms with Crippen molar-refractivity contribution in [2.75, 3.05) is 33.3 Å². The smallest absolute Gasteiger partial charge is 0.248 e. The molecule has 1 amide bonds. The molecule has 2 fully saturated rings. The molecule has 186 valence electrons. The van der Waals surface area contributed by atoms with Crippen molar-refractivity contribution in [1.82, 2.24) is 19.7 Å². The number of likely N-dealkylation sites (tertiary alicyclic amines) is 1. The van der Waals surface area contributed by atoms with E-state index in [4.69, 9.17) is 9.26 Å². The van der Waals surface area contributed by atoms with E-state index in [1.165, 1.54) is 9.87 Å². The molecule has 1 aromatic carbocycles. The molecule has 0 saturated carbocycles. The van der Waals surface area contributed by atoms with Gasteiger partial charge in [-0.15, -0.1) is 0 Å². The molecule has 2 aliphatic rings.